The van der Waals surface area contributed by atoms with Gasteiger partial charge in [-0.3, -0.25) is 9.48 Å². The normalized spacial score (nSPS) is 16.8. The summed E-state index contributed by atoms with van der Waals surface area (Å²) in [6, 6.07) is 2.45. The van der Waals surface area contributed by atoms with Gasteiger partial charge in [-0.15, -0.1) is 0 Å². The van der Waals surface area contributed by atoms with Crippen LogP contribution >= 0.6 is 11.8 Å². The van der Waals surface area contributed by atoms with Crippen LogP contribution in [0.15, 0.2) is 11.1 Å². The number of hydrogen-bond donors (Lipinski definition) is 1. The van der Waals surface area contributed by atoms with Crippen molar-refractivity contribution in [2.75, 3.05) is 5.75 Å². The molecule has 1 aliphatic carbocycles. The molecule has 0 radical (unpaired) electrons. The maximum atomic E-state index is 10.7. The van der Waals surface area contributed by atoms with Gasteiger partial charge in [-0.1, -0.05) is 25.6 Å². The average molecular weight is 282 g/mol. The Bertz CT molecular complexity index is 452. The SMILES string of the molecule is CC(C)Cc1cc(SCC(=O)O)n(C(C)C2CC2)n1. The Morgan fingerprint density at radius 2 is 2.21 bits per heavy atom. The van der Waals surface area contributed by atoms with Crippen LogP contribution in [0.3, 0.4) is 0 Å². The summed E-state index contributed by atoms with van der Waals surface area (Å²) in [7, 11) is 0. The van der Waals surface area contributed by atoms with E-state index in [4.69, 9.17) is 10.2 Å². The van der Waals surface area contributed by atoms with Gasteiger partial charge >= 0.3 is 5.97 Å². The summed E-state index contributed by atoms with van der Waals surface area (Å²) >= 11 is 1.38. The molecule has 0 amide bonds. The highest BCUT2D eigenvalue weighted by molar-refractivity contribution is 7.99. The van der Waals surface area contributed by atoms with Crippen LogP contribution in [-0.2, 0) is 11.2 Å². The Hall–Kier alpha value is -0.970. The van der Waals surface area contributed by atoms with Gasteiger partial charge < -0.3 is 5.11 Å². The van der Waals surface area contributed by atoms with Gasteiger partial charge in [0.15, 0.2) is 0 Å². The first-order valence-corrected chi connectivity index (χ1v) is 7.89. The monoisotopic (exact) mass is 282 g/mol. The first kappa shape index (κ1) is 14.4. The van der Waals surface area contributed by atoms with Gasteiger partial charge in [-0.25, -0.2) is 0 Å². The molecule has 1 saturated carbocycles. The fourth-order valence-corrected chi connectivity index (χ4v) is 3.09. The number of carboxylic acids is 1. The lowest BCUT2D eigenvalue weighted by Gasteiger charge is -2.14. The third-order valence-corrected chi connectivity index (χ3v) is 4.39. The molecule has 1 fully saturated rings. The third-order valence-electron chi connectivity index (χ3n) is 3.40. The van der Waals surface area contributed by atoms with E-state index in [1.165, 1.54) is 24.6 Å². The third kappa shape index (κ3) is 4.00. The minimum atomic E-state index is -0.776. The Labute approximate surface area is 118 Å². The fourth-order valence-electron chi connectivity index (χ4n) is 2.26. The molecule has 0 aliphatic heterocycles. The molecule has 1 aliphatic rings. The fraction of sp³-hybridized carbons (Fsp3) is 0.714. The van der Waals surface area contributed by atoms with Gasteiger partial charge in [-0.05, 0) is 44.1 Å². The molecule has 19 heavy (non-hydrogen) atoms. The van der Waals surface area contributed by atoms with Gasteiger partial charge in [0, 0.05) is 0 Å². The Morgan fingerprint density at radius 1 is 1.53 bits per heavy atom. The van der Waals surface area contributed by atoms with Crippen molar-refractivity contribution in [3.05, 3.63) is 11.8 Å². The maximum Gasteiger partial charge on any atom is 0.313 e. The van der Waals surface area contributed by atoms with Crippen molar-refractivity contribution in [2.24, 2.45) is 11.8 Å². The smallest absolute Gasteiger partial charge is 0.313 e. The van der Waals surface area contributed by atoms with Crippen LogP contribution in [0.1, 0.15) is 45.3 Å². The van der Waals surface area contributed by atoms with Crippen LogP contribution < -0.4 is 0 Å². The lowest BCUT2D eigenvalue weighted by Crippen LogP contribution is -2.11. The molecule has 1 unspecified atom stereocenters. The molecule has 1 N–H and O–H groups in total. The number of rotatable bonds is 7. The topological polar surface area (TPSA) is 55.1 Å². The maximum absolute atomic E-state index is 10.7. The highest BCUT2D eigenvalue weighted by Crippen LogP contribution is 2.41. The number of carbonyl (C=O) groups is 1. The molecule has 1 heterocycles. The average Bonchev–Trinajstić information content (AvgIpc) is 3.08. The number of hydrogen-bond acceptors (Lipinski definition) is 3. The molecule has 5 heteroatoms. The predicted molar refractivity (Wildman–Crippen MR) is 76.6 cm³/mol. The molecule has 1 aromatic heterocycles. The van der Waals surface area contributed by atoms with Crippen LogP contribution in [0.5, 0.6) is 0 Å². The van der Waals surface area contributed by atoms with Gasteiger partial charge in [0.05, 0.1) is 22.5 Å². The molecular weight excluding hydrogens is 260 g/mol. The Kier molecular flexibility index (Phi) is 4.55. The van der Waals surface area contributed by atoms with Crippen LogP contribution in [0, 0.1) is 11.8 Å². The molecule has 4 nitrogen and oxygen atoms in total. The number of aliphatic carboxylic acids is 1. The second kappa shape index (κ2) is 5.99. The number of aromatic nitrogens is 2. The summed E-state index contributed by atoms with van der Waals surface area (Å²) in [5.41, 5.74) is 1.08. The second-order valence-corrected chi connectivity index (χ2v) is 6.77. The molecule has 106 valence electrons. The van der Waals surface area contributed by atoms with E-state index >= 15 is 0 Å². The Balaban J connectivity index is 2.16. The summed E-state index contributed by atoms with van der Waals surface area (Å²) in [6.45, 7) is 6.54. The number of nitrogens with zero attached hydrogens (tertiary/aromatic N) is 2. The van der Waals surface area contributed by atoms with Crippen molar-refractivity contribution in [3.8, 4) is 0 Å². The summed E-state index contributed by atoms with van der Waals surface area (Å²) in [4.78, 5) is 10.7. The zero-order valence-electron chi connectivity index (χ0n) is 11.8. The number of carboxylic acid groups (broad SMARTS) is 1. The zero-order valence-corrected chi connectivity index (χ0v) is 12.6. The second-order valence-electron chi connectivity index (χ2n) is 5.78. The van der Waals surface area contributed by atoms with Crippen molar-refractivity contribution >= 4 is 17.7 Å². The highest BCUT2D eigenvalue weighted by Gasteiger charge is 2.31. The molecule has 2 rings (SSSR count). The van der Waals surface area contributed by atoms with E-state index < -0.39 is 5.97 Å². The molecule has 1 aromatic rings. The molecule has 0 aromatic carbocycles. The molecule has 0 spiro atoms. The van der Waals surface area contributed by atoms with Crippen LogP contribution in [0.4, 0.5) is 0 Å². The zero-order chi connectivity index (χ0) is 14.0. The minimum Gasteiger partial charge on any atom is -0.481 e. The molecular formula is C14H22N2O2S. The van der Waals surface area contributed by atoms with E-state index in [1.54, 1.807) is 0 Å². The van der Waals surface area contributed by atoms with Gasteiger partial charge in [0.2, 0.25) is 0 Å². The molecule has 0 saturated heterocycles. The van der Waals surface area contributed by atoms with Gasteiger partial charge in [-0.2, -0.15) is 5.10 Å². The van der Waals surface area contributed by atoms with E-state index in [0.717, 1.165) is 23.1 Å². The van der Waals surface area contributed by atoms with Gasteiger partial charge in [0.25, 0.3) is 0 Å². The largest absolute Gasteiger partial charge is 0.481 e. The van der Waals surface area contributed by atoms with Crippen molar-refractivity contribution in [2.45, 2.75) is 51.1 Å². The van der Waals surface area contributed by atoms with Gasteiger partial charge in [0.1, 0.15) is 0 Å². The van der Waals surface area contributed by atoms with E-state index in [1.807, 2.05) is 4.68 Å². The number of thioether (sulfide) groups is 1. The summed E-state index contributed by atoms with van der Waals surface area (Å²) < 4.78 is 2.04. The van der Waals surface area contributed by atoms with Crippen molar-refractivity contribution in [1.29, 1.82) is 0 Å². The highest BCUT2D eigenvalue weighted by atomic mass is 32.2. The van der Waals surface area contributed by atoms with E-state index in [2.05, 4.69) is 26.8 Å². The lowest BCUT2D eigenvalue weighted by atomic mass is 10.1. The minimum absolute atomic E-state index is 0.101. The first-order chi connectivity index (χ1) is 8.97. The van der Waals surface area contributed by atoms with Crippen LogP contribution in [0.25, 0.3) is 0 Å². The summed E-state index contributed by atoms with van der Waals surface area (Å²) in [5, 5.41) is 14.5. The van der Waals surface area contributed by atoms with Crippen LogP contribution in [0.2, 0.25) is 0 Å². The van der Waals surface area contributed by atoms with Crippen LogP contribution in [-0.4, -0.2) is 26.6 Å². The quantitative estimate of drug-likeness (QED) is 0.780. The molecule has 0 bridgehead atoms. The Morgan fingerprint density at radius 3 is 2.74 bits per heavy atom. The van der Waals surface area contributed by atoms with Crippen molar-refractivity contribution in [3.63, 3.8) is 0 Å². The van der Waals surface area contributed by atoms with E-state index in [0.29, 0.717) is 12.0 Å². The summed E-state index contributed by atoms with van der Waals surface area (Å²) in [5.74, 6) is 0.611. The summed E-state index contributed by atoms with van der Waals surface area (Å²) in [6.07, 6.45) is 3.48. The lowest BCUT2D eigenvalue weighted by molar-refractivity contribution is -0.133. The predicted octanol–water partition coefficient (Wildman–Crippen LogP) is 3.23. The van der Waals surface area contributed by atoms with E-state index in [9.17, 15) is 4.79 Å². The van der Waals surface area contributed by atoms with Crippen molar-refractivity contribution < 1.29 is 9.90 Å². The van der Waals surface area contributed by atoms with Crippen molar-refractivity contribution in [1.82, 2.24) is 9.78 Å². The standard InChI is InChI=1S/C14H22N2O2S/c1-9(2)6-12-7-13(19-8-14(17)18)16(15-12)10(3)11-4-5-11/h7,9-11H,4-6,8H2,1-3H3,(H,17,18). The van der Waals surface area contributed by atoms with E-state index in [-0.39, 0.29) is 5.75 Å². The first-order valence-electron chi connectivity index (χ1n) is 6.90. The molecule has 1 atom stereocenters.